The molecule has 0 unspecified atom stereocenters. The molecule has 0 saturated carbocycles. The Morgan fingerprint density at radius 3 is 2.44 bits per heavy atom. The van der Waals surface area contributed by atoms with Crippen molar-refractivity contribution in [1.29, 1.82) is 0 Å². The monoisotopic (exact) mass is 339 g/mol. The smallest absolute Gasteiger partial charge is 0.253 e. The first kappa shape index (κ1) is 17.5. The number of piperidine rings is 1. The number of carbonyl (C=O) groups excluding carboxylic acids is 1. The maximum atomic E-state index is 12.8. The van der Waals surface area contributed by atoms with E-state index in [1.165, 1.54) is 5.56 Å². The summed E-state index contributed by atoms with van der Waals surface area (Å²) < 4.78 is 10.9. The van der Waals surface area contributed by atoms with Crippen LogP contribution in [-0.4, -0.2) is 44.2 Å². The Balaban J connectivity index is 1.71. The Kier molecular flexibility index (Phi) is 5.71. The minimum Gasteiger partial charge on any atom is -0.497 e. The van der Waals surface area contributed by atoms with Gasteiger partial charge in [-0.15, -0.1) is 0 Å². The minimum absolute atomic E-state index is 0.0790. The summed E-state index contributed by atoms with van der Waals surface area (Å²) in [5.41, 5.74) is 1.99. The summed E-state index contributed by atoms with van der Waals surface area (Å²) in [4.78, 5) is 14.8. The van der Waals surface area contributed by atoms with Gasteiger partial charge in [-0.3, -0.25) is 4.79 Å². The molecule has 0 bridgehead atoms. The van der Waals surface area contributed by atoms with E-state index < -0.39 is 0 Å². The van der Waals surface area contributed by atoms with Crippen molar-refractivity contribution < 1.29 is 14.3 Å². The van der Waals surface area contributed by atoms with Crippen LogP contribution in [0.25, 0.3) is 0 Å². The number of rotatable bonds is 5. The van der Waals surface area contributed by atoms with E-state index in [1.54, 1.807) is 14.2 Å². The summed E-state index contributed by atoms with van der Waals surface area (Å²) in [7, 11) is 3.39. The molecule has 0 radical (unpaired) electrons. The Hall–Kier alpha value is -2.33. The van der Waals surface area contributed by atoms with E-state index in [4.69, 9.17) is 9.47 Å². The largest absolute Gasteiger partial charge is 0.497 e. The summed E-state index contributed by atoms with van der Waals surface area (Å²) >= 11 is 0. The molecule has 4 heteroatoms. The van der Waals surface area contributed by atoms with Crippen LogP contribution < -0.4 is 4.74 Å². The van der Waals surface area contributed by atoms with Gasteiger partial charge in [-0.05, 0) is 42.7 Å². The molecular weight excluding hydrogens is 314 g/mol. The molecule has 1 aliphatic heterocycles. The van der Waals surface area contributed by atoms with Crippen molar-refractivity contribution in [3.8, 4) is 5.75 Å². The van der Waals surface area contributed by atoms with Gasteiger partial charge < -0.3 is 14.4 Å². The molecule has 1 fully saturated rings. The molecule has 0 spiro atoms. The highest BCUT2D eigenvalue weighted by Gasteiger charge is 2.32. The van der Waals surface area contributed by atoms with Crippen LogP contribution in [0.2, 0.25) is 0 Å². The average molecular weight is 339 g/mol. The molecule has 2 aromatic rings. The van der Waals surface area contributed by atoms with Gasteiger partial charge in [-0.2, -0.15) is 0 Å². The third-order valence-corrected chi connectivity index (χ3v) is 4.93. The van der Waals surface area contributed by atoms with Crippen molar-refractivity contribution >= 4 is 5.91 Å². The lowest BCUT2D eigenvalue weighted by molar-refractivity contribution is -0.00299. The van der Waals surface area contributed by atoms with Crippen LogP contribution in [-0.2, 0) is 11.2 Å². The number of hydrogen-bond donors (Lipinski definition) is 0. The molecule has 132 valence electrons. The second-order valence-corrected chi connectivity index (χ2v) is 6.49. The van der Waals surface area contributed by atoms with Gasteiger partial charge in [0.25, 0.3) is 5.91 Å². The lowest BCUT2D eigenvalue weighted by Crippen LogP contribution is -2.47. The Morgan fingerprint density at radius 2 is 1.80 bits per heavy atom. The van der Waals surface area contributed by atoms with Crippen molar-refractivity contribution in [3.05, 3.63) is 65.7 Å². The van der Waals surface area contributed by atoms with Crippen LogP contribution in [0.1, 0.15) is 22.3 Å². The molecule has 25 heavy (non-hydrogen) atoms. The molecule has 0 aromatic heterocycles. The predicted octanol–water partition coefficient (Wildman–Crippen LogP) is 3.42. The summed E-state index contributed by atoms with van der Waals surface area (Å²) in [5.74, 6) is 1.15. The third kappa shape index (κ3) is 4.20. The predicted molar refractivity (Wildman–Crippen MR) is 97.9 cm³/mol. The van der Waals surface area contributed by atoms with E-state index in [-0.39, 0.29) is 12.0 Å². The van der Waals surface area contributed by atoms with Gasteiger partial charge in [-0.1, -0.05) is 30.3 Å². The molecule has 0 N–H and O–H groups in total. The molecule has 3 rings (SSSR count). The second-order valence-electron chi connectivity index (χ2n) is 6.49. The number of amides is 1. The molecule has 2 atom stereocenters. The summed E-state index contributed by atoms with van der Waals surface area (Å²) in [6.45, 7) is 1.45. The number of likely N-dealkylation sites (tertiary alicyclic amines) is 1. The number of nitrogens with zero attached hydrogens (tertiary/aromatic N) is 1. The highest BCUT2D eigenvalue weighted by atomic mass is 16.5. The van der Waals surface area contributed by atoms with Gasteiger partial charge >= 0.3 is 0 Å². The van der Waals surface area contributed by atoms with Gasteiger partial charge in [0.1, 0.15) is 5.75 Å². The minimum atomic E-state index is 0.0790. The molecule has 1 aliphatic rings. The maximum absolute atomic E-state index is 12.8. The van der Waals surface area contributed by atoms with Gasteiger partial charge in [0.2, 0.25) is 0 Å². The third-order valence-electron chi connectivity index (χ3n) is 4.93. The van der Waals surface area contributed by atoms with Crippen LogP contribution in [0.4, 0.5) is 0 Å². The highest BCUT2D eigenvalue weighted by molar-refractivity contribution is 5.94. The fraction of sp³-hybridized carbons (Fsp3) is 0.381. The average Bonchev–Trinajstić information content (AvgIpc) is 2.68. The topological polar surface area (TPSA) is 38.8 Å². The maximum Gasteiger partial charge on any atom is 0.253 e. The number of benzene rings is 2. The molecule has 4 nitrogen and oxygen atoms in total. The lowest BCUT2D eigenvalue weighted by Gasteiger charge is -2.38. The second kappa shape index (κ2) is 8.17. The van der Waals surface area contributed by atoms with Crippen molar-refractivity contribution in [2.24, 2.45) is 5.92 Å². The van der Waals surface area contributed by atoms with Gasteiger partial charge in [0.05, 0.1) is 13.2 Å². The molecule has 1 heterocycles. The first-order chi connectivity index (χ1) is 12.2. The molecule has 1 amide bonds. The Labute approximate surface area is 149 Å². The quantitative estimate of drug-likeness (QED) is 0.838. The van der Waals surface area contributed by atoms with E-state index in [9.17, 15) is 4.79 Å². The zero-order chi connectivity index (χ0) is 17.6. The van der Waals surface area contributed by atoms with Gasteiger partial charge in [0.15, 0.2) is 0 Å². The normalized spacial score (nSPS) is 20.3. The van der Waals surface area contributed by atoms with Gasteiger partial charge in [0, 0.05) is 31.7 Å². The van der Waals surface area contributed by atoms with E-state index in [0.29, 0.717) is 11.5 Å². The summed E-state index contributed by atoms with van der Waals surface area (Å²) in [5, 5.41) is 0. The highest BCUT2D eigenvalue weighted by Crippen LogP contribution is 2.25. The van der Waals surface area contributed by atoms with E-state index >= 15 is 0 Å². The number of carbonyl (C=O) groups is 1. The van der Waals surface area contributed by atoms with Crippen molar-refractivity contribution in [3.63, 3.8) is 0 Å². The van der Waals surface area contributed by atoms with Crippen LogP contribution in [0, 0.1) is 5.92 Å². The zero-order valence-corrected chi connectivity index (χ0v) is 14.9. The Morgan fingerprint density at radius 1 is 1.08 bits per heavy atom. The van der Waals surface area contributed by atoms with E-state index in [0.717, 1.165) is 31.7 Å². The lowest BCUT2D eigenvalue weighted by atomic mass is 9.88. The van der Waals surface area contributed by atoms with Crippen molar-refractivity contribution in [1.82, 2.24) is 4.90 Å². The van der Waals surface area contributed by atoms with E-state index in [1.807, 2.05) is 35.2 Å². The Bertz CT molecular complexity index is 684. The zero-order valence-electron chi connectivity index (χ0n) is 14.9. The van der Waals surface area contributed by atoms with Crippen LogP contribution in [0.15, 0.2) is 54.6 Å². The molecular formula is C21H25NO3. The molecule has 2 aromatic carbocycles. The number of ether oxygens (including phenoxy) is 2. The van der Waals surface area contributed by atoms with Crippen molar-refractivity contribution in [2.75, 3.05) is 27.3 Å². The summed E-state index contributed by atoms with van der Waals surface area (Å²) in [6, 6.07) is 17.7. The summed E-state index contributed by atoms with van der Waals surface area (Å²) in [6.07, 6.45) is 1.99. The fourth-order valence-corrected chi connectivity index (χ4v) is 3.53. The van der Waals surface area contributed by atoms with Crippen LogP contribution >= 0.6 is 0 Å². The molecule has 1 saturated heterocycles. The first-order valence-corrected chi connectivity index (χ1v) is 8.71. The molecule has 0 aliphatic carbocycles. The number of hydrogen-bond acceptors (Lipinski definition) is 3. The van der Waals surface area contributed by atoms with Crippen LogP contribution in [0.3, 0.4) is 0 Å². The standard InChI is InChI=1S/C21H25NO3/c1-24-19-10-8-17(9-11-19)21(23)22-13-12-20(25-2)18(15-22)14-16-6-4-3-5-7-16/h3-11,18,20H,12-15H2,1-2H3/t18-,20+/m0/s1. The first-order valence-electron chi connectivity index (χ1n) is 8.71. The van der Waals surface area contributed by atoms with Crippen LogP contribution in [0.5, 0.6) is 5.75 Å². The van der Waals surface area contributed by atoms with E-state index in [2.05, 4.69) is 24.3 Å². The van der Waals surface area contributed by atoms with Crippen molar-refractivity contribution in [2.45, 2.75) is 18.9 Å². The number of methoxy groups -OCH3 is 2. The fourth-order valence-electron chi connectivity index (χ4n) is 3.53. The SMILES string of the molecule is COc1ccc(C(=O)N2CC[C@@H](OC)[C@@H](Cc3ccccc3)C2)cc1. The van der Waals surface area contributed by atoms with Gasteiger partial charge in [-0.25, -0.2) is 0 Å².